The fourth-order valence-electron chi connectivity index (χ4n) is 3.38. The van der Waals surface area contributed by atoms with E-state index in [9.17, 15) is 9.59 Å². The van der Waals surface area contributed by atoms with Gasteiger partial charge in [-0.25, -0.2) is 4.98 Å². The van der Waals surface area contributed by atoms with Crippen molar-refractivity contribution in [3.63, 3.8) is 0 Å². The lowest BCUT2D eigenvalue weighted by atomic mass is 9.94. The van der Waals surface area contributed by atoms with Gasteiger partial charge in [-0.2, -0.15) is 0 Å². The van der Waals surface area contributed by atoms with Crippen LogP contribution in [0.5, 0.6) is 0 Å². The van der Waals surface area contributed by atoms with E-state index in [1.165, 1.54) is 6.07 Å². The predicted molar refractivity (Wildman–Crippen MR) is 85.1 cm³/mol. The molecule has 3 heterocycles. The van der Waals surface area contributed by atoms with Gasteiger partial charge in [-0.05, 0) is 39.9 Å². The third-order valence-electron chi connectivity index (χ3n) is 4.70. The monoisotopic (exact) mass is 320 g/mol. The maximum atomic E-state index is 13.0. The average Bonchev–Trinajstić information content (AvgIpc) is 2.54. The second kappa shape index (κ2) is 6.80. The summed E-state index contributed by atoms with van der Waals surface area (Å²) in [4.78, 5) is 35.8. The van der Waals surface area contributed by atoms with E-state index in [1.807, 2.05) is 4.90 Å². The number of hydrogen-bond donors (Lipinski definition) is 1. The molecule has 7 nitrogen and oxygen atoms in total. The van der Waals surface area contributed by atoms with Crippen molar-refractivity contribution in [3.8, 4) is 0 Å². The number of ether oxygens (including phenoxy) is 1. The highest BCUT2D eigenvalue weighted by atomic mass is 16.5. The number of nitrogens with one attached hydrogen (secondary N) is 1. The number of piperidine rings is 1. The van der Waals surface area contributed by atoms with Gasteiger partial charge >= 0.3 is 0 Å². The number of nitrogens with zero attached hydrogens (tertiary/aromatic N) is 3. The Balaban J connectivity index is 1.81. The smallest absolute Gasteiger partial charge is 0.251 e. The molecule has 2 aliphatic rings. The number of aromatic nitrogens is 2. The second-order valence-electron chi connectivity index (χ2n) is 6.46. The molecule has 2 aliphatic heterocycles. The summed E-state index contributed by atoms with van der Waals surface area (Å²) >= 11 is 0. The lowest BCUT2D eigenvalue weighted by Gasteiger charge is -2.39. The average molecular weight is 320 g/mol. The molecule has 0 radical (unpaired) electrons. The number of aromatic amines is 1. The summed E-state index contributed by atoms with van der Waals surface area (Å²) in [7, 11) is 2.08. The number of amides is 1. The largest absolute Gasteiger partial charge is 0.377 e. The van der Waals surface area contributed by atoms with Gasteiger partial charge in [0.1, 0.15) is 5.82 Å². The fraction of sp³-hybridized carbons (Fsp3) is 0.688. The first-order chi connectivity index (χ1) is 11.0. The molecule has 2 saturated heterocycles. The van der Waals surface area contributed by atoms with Crippen LogP contribution in [0.1, 0.15) is 30.4 Å². The highest BCUT2D eigenvalue weighted by Crippen LogP contribution is 2.27. The molecule has 1 atom stereocenters. The van der Waals surface area contributed by atoms with Crippen molar-refractivity contribution < 1.29 is 9.53 Å². The molecule has 1 amide bonds. The first kappa shape index (κ1) is 16.1. The van der Waals surface area contributed by atoms with Gasteiger partial charge in [-0.15, -0.1) is 0 Å². The molecule has 1 N–H and O–H groups in total. The SMILES string of the molecule is Cc1nc([C@@H]2COCCN2C(=O)C2CCN(C)CC2)cc(=O)[nH]1. The van der Waals surface area contributed by atoms with Crippen molar-refractivity contribution in [1.29, 1.82) is 0 Å². The lowest BCUT2D eigenvalue weighted by Crippen LogP contribution is -2.48. The summed E-state index contributed by atoms with van der Waals surface area (Å²) < 4.78 is 5.55. The molecular weight excluding hydrogens is 296 g/mol. The van der Waals surface area contributed by atoms with Crippen LogP contribution in [0.3, 0.4) is 0 Å². The summed E-state index contributed by atoms with van der Waals surface area (Å²) in [6.45, 7) is 5.15. The lowest BCUT2D eigenvalue weighted by molar-refractivity contribution is -0.146. The third-order valence-corrected chi connectivity index (χ3v) is 4.70. The molecule has 23 heavy (non-hydrogen) atoms. The Hall–Kier alpha value is -1.73. The number of carbonyl (C=O) groups is 1. The van der Waals surface area contributed by atoms with Crippen LogP contribution >= 0.6 is 0 Å². The summed E-state index contributed by atoms with van der Waals surface area (Å²) in [6, 6.07) is 1.21. The normalized spacial score (nSPS) is 23.9. The summed E-state index contributed by atoms with van der Waals surface area (Å²) in [5.74, 6) is 0.797. The standard InChI is InChI=1S/C16H24N4O3/c1-11-17-13(9-15(21)18-11)14-10-23-8-7-20(14)16(22)12-3-5-19(2)6-4-12/h9,12,14H,3-8,10H2,1-2H3,(H,17,18,21)/t14-/m0/s1. The van der Waals surface area contributed by atoms with E-state index in [2.05, 4.69) is 21.9 Å². The van der Waals surface area contributed by atoms with Crippen molar-refractivity contribution in [1.82, 2.24) is 19.8 Å². The first-order valence-electron chi connectivity index (χ1n) is 8.19. The van der Waals surface area contributed by atoms with Gasteiger partial charge < -0.3 is 19.5 Å². The minimum absolute atomic E-state index is 0.0647. The van der Waals surface area contributed by atoms with Crippen LogP contribution < -0.4 is 5.56 Å². The van der Waals surface area contributed by atoms with Crippen LogP contribution in [0.4, 0.5) is 0 Å². The van der Waals surface area contributed by atoms with Gasteiger partial charge in [-0.3, -0.25) is 9.59 Å². The van der Waals surface area contributed by atoms with Crippen molar-refractivity contribution in [2.75, 3.05) is 39.9 Å². The number of carbonyl (C=O) groups excluding carboxylic acids is 1. The Morgan fingerprint density at radius 2 is 2.09 bits per heavy atom. The number of hydrogen-bond acceptors (Lipinski definition) is 5. The molecular formula is C16H24N4O3. The Kier molecular flexibility index (Phi) is 4.77. The van der Waals surface area contributed by atoms with E-state index < -0.39 is 0 Å². The number of morpholine rings is 1. The van der Waals surface area contributed by atoms with E-state index in [1.54, 1.807) is 6.92 Å². The molecule has 1 aromatic rings. The van der Waals surface area contributed by atoms with Crippen molar-refractivity contribution in [2.45, 2.75) is 25.8 Å². The van der Waals surface area contributed by atoms with Gasteiger partial charge in [-0.1, -0.05) is 0 Å². The Morgan fingerprint density at radius 1 is 1.35 bits per heavy atom. The van der Waals surface area contributed by atoms with Crippen LogP contribution in [0.2, 0.25) is 0 Å². The predicted octanol–water partition coefficient (Wildman–Crippen LogP) is 0.320. The maximum absolute atomic E-state index is 13.0. The van der Waals surface area contributed by atoms with Crippen LogP contribution in [0, 0.1) is 12.8 Å². The Bertz CT molecular complexity index is 622. The van der Waals surface area contributed by atoms with Crippen molar-refractivity contribution >= 4 is 5.91 Å². The number of likely N-dealkylation sites (tertiary alicyclic amines) is 1. The number of aryl methyl sites for hydroxylation is 1. The molecule has 0 aliphatic carbocycles. The van der Waals surface area contributed by atoms with Crippen LogP contribution in [0.25, 0.3) is 0 Å². The highest BCUT2D eigenvalue weighted by Gasteiger charge is 2.35. The molecule has 2 fully saturated rings. The van der Waals surface area contributed by atoms with E-state index in [4.69, 9.17) is 4.74 Å². The quantitative estimate of drug-likeness (QED) is 0.849. The molecule has 0 bridgehead atoms. The molecule has 1 aromatic heterocycles. The molecule has 0 aromatic carbocycles. The van der Waals surface area contributed by atoms with E-state index in [0.29, 0.717) is 31.3 Å². The van der Waals surface area contributed by atoms with Crippen LogP contribution in [-0.2, 0) is 9.53 Å². The van der Waals surface area contributed by atoms with E-state index in [-0.39, 0.29) is 23.4 Å². The van der Waals surface area contributed by atoms with Gasteiger partial charge in [0.2, 0.25) is 5.91 Å². The third kappa shape index (κ3) is 3.61. The zero-order valence-corrected chi connectivity index (χ0v) is 13.7. The maximum Gasteiger partial charge on any atom is 0.251 e. The molecule has 3 rings (SSSR count). The topological polar surface area (TPSA) is 78.5 Å². The summed E-state index contributed by atoms with van der Waals surface area (Å²) in [5, 5.41) is 0. The fourth-order valence-corrected chi connectivity index (χ4v) is 3.38. The van der Waals surface area contributed by atoms with Gasteiger partial charge in [0, 0.05) is 18.5 Å². The summed E-state index contributed by atoms with van der Waals surface area (Å²) in [6.07, 6.45) is 1.78. The van der Waals surface area contributed by atoms with Crippen LogP contribution in [0.15, 0.2) is 10.9 Å². The second-order valence-corrected chi connectivity index (χ2v) is 6.46. The summed E-state index contributed by atoms with van der Waals surface area (Å²) in [5.41, 5.74) is 0.428. The minimum Gasteiger partial charge on any atom is -0.377 e. The highest BCUT2D eigenvalue weighted by molar-refractivity contribution is 5.79. The Labute approximate surface area is 135 Å². The molecule has 7 heteroatoms. The minimum atomic E-state index is -0.267. The zero-order valence-electron chi connectivity index (χ0n) is 13.7. The molecule has 0 unspecified atom stereocenters. The number of rotatable bonds is 2. The van der Waals surface area contributed by atoms with Crippen molar-refractivity contribution in [3.05, 3.63) is 27.9 Å². The number of H-pyrrole nitrogens is 1. The zero-order chi connectivity index (χ0) is 16.4. The first-order valence-corrected chi connectivity index (χ1v) is 8.19. The molecule has 126 valence electrons. The Morgan fingerprint density at radius 3 is 2.78 bits per heavy atom. The van der Waals surface area contributed by atoms with Crippen LogP contribution in [-0.4, -0.2) is 65.6 Å². The van der Waals surface area contributed by atoms with E-state index >= 15 is 0 Å². The van der Waals surface area contributed by atoms with Gasteiger partial charge in [0.25, 0.3) is 5.56 Å². The van der Waals surface area contributed by atoms with Crippen molar-refractivity contribution in [2.24, 2.45) is 5.92 Å². The molecule has 0 spiro atoms. The van der Waals surface area contributed by atoms with Gasteiger partial charge in [0.15, 0.2) is 0 Å². The van der Waals surface area contributed by atoms with E-state index in [0.717, 1.165) is 25.9 Å². The molecule has 0 saturated carbocycles. The van der Waals surface area contributed by atoms with Gasteiger partial charge in [0.05, 0.1) is 24.9 Å².